The van der Waals surface area contributed by atoms with Gasteiger partial charge in [-0.05, 0) is 69.2 Å². The van der Waals surface area contributed by atoms with Crippen LogP contribution in [0.2, 0.25) is 5.02 Å². The molecule has 0 fully saturated rings. The van der Waals surface area contributed by atoms with Crippen molar-refractivity contribution in [2.75, 3.05) is 6.61 Å². The first kappa shape index (κ1) is 21.3. The Hall–Kier alpha value is -2.46. The lowest BCUT2D eigenvalue weighted by molar-refractivity contribution is -0.148. The fraction of sp³-hybridized carbons (Fsp3) is 0.375. The topological polar surface area (TPSA) is 51.5 Å². The largest absolute Gasteiger partial charge is 0.494 e. The Balaban J connectivity index is 2.22. The van der Waals surface area contributed by atoms with E-state index in [1.54, 1.807) is 13.8 Å². The minimum atomic E-state index is -0.903. The van der Waals surface area contributed by atoms with Gasteiger partial charge in [-0.25, -0.2) is 0 Å². The molecule has 0 saturated carbocycles. The Kier molecular flexibility index (Phi) is 5.95. The van der Waals surface area contributed by atoms with Gasteiger partial charge < -0.3 is 14.4 Å². The minimum absolute atomic E-state index is 0.185. The van der Waals surface area contributed by atoms with Crippen LogP contribution in [-0.2, 0) is 11.3 Å². The van der Waals surface area contributed by atoms with Crippen LogP contribution in [0.5, 0.6) is 5.75 Å². The predicted octanol–water partition coefficient (Wildman–Crippen LogP) is 6.26. The monoisotopic (exact) mass is 413 g/mol. The molecule has 0 aliphatic rings. The van der Waals surface area contributed by atoms with Crippen molar-refractivity contribution in [2.45, 2.75) is 47.1 Å². The van der Waals surface area contributed by atoms with Crippen molar-refractivity contribution in [3.05, 3.63) is 64.3 Å². The summed E-state index contributed by atoms with van der Waals surface area (Å²) in [4.78, 5) is 12.0. The first-order valence-corrected chi connectivity index (χ1v) is 10.3. The molecule has 1 heterocycles. The van der Waals surface area contributed by atoms with E-state index >= 15 is 0 Å². The van der Waals surface area contributed by atoms with Crippen molar-refractivity contribution < 1.29 is 14.6 Å². The summed E-state index contributed by atoms with van der Waals surface area (Å²) >= 11 is 6.05. The van der Waals surface area contributed by atoms with Crippen LogP contribution in [0.4, 0.5) is 0 Å². The highest BCUT2D eigenvalue weighted by Crippen LogP contribution is 2.41. The van der Waals surface area contributed by atoms with Gasteiger partial charge >= 0.3 is 5.97 Å². The van der Waals surface area contributed by atoms with E-state index in [1.165, 1.54) is 0 Å². The van der Waals surface area contributed by atoms with Crippen molar-refractivity contribution in [3.63, 3.8) is 0 Å². The van der Waals surface area contributed by atoms with Crippen LogP contribution in [0.15, 0.2) is 42.5 Å². The Bertz CT molecular complexity index is 1030. The van der Waals surface area contributed by atoms with E-state index in [-0.39, 0.29) is 5.92 Å². The Morgan fingerprint density at radius 1 is 1.21 bits per heavy atom. The zero-order valence-electron chi connectivity index (χ0n) is 17.6. The molecule has 5 heteroatoms. The molecule has 0 amide bonds. The summed E-state index contributed by atoms with van der Waals surface area (Å²) in [5.41, 5.74) is 3.42. The van der Waals surface area contributed by atoms with Crippen molar-refractivity contribution in [1.82, 2.24) is 4.57 Å². The molecule has 29 heavy (non-hydrogen) atoms. The molecule has 0 radical (unpaired) electrons. The van der Waals surface area contributed by atoms with Crippen molar-refractivity contribution in [2.24, 2.45) is 5.41 Å². The predicted molar refractivity (Wildman–Crippen MR) is 118 cm³/mol. The average molecular weight is 414 g/mol. The number of hydrogen-bond acceptors (Lipinski definition) is 2. The summed E-state index contributed by atoms with van der Waals surface area (Å²) in [7, 11) is 0. The third-order valence-corrected chi connectivity index (χ3v) is 6.20. The van der Waals surface area contributed by atoms with E-state index in [4.69, 9.17) is 16.3 Å². The van der Waals surface area contributed by atoms with Gasteiger partial charge in [-0.1, -0.05) is 30.7 Å². The van der Waals surface area contributed by atoms with Crippen LogP contribution in [-0.4, -0.2) is 22.2 Å². The number of ether oxygens (including phenoxy) is 1. The fourth-order valence-corrected chi connectivity index (χ4v) is 3.93. The van der Waals surface area contributed by atoms with Gasteiger partial charge in [0, 0.05) is 34.1 Å². The highest BCUT2D eigenvalue weighted by molar-refractivity contribution is 6.30. The number of rotatable bonds is 7. The highest BCUT2D eigenvalue weighted by Gasteiger charge is 2.37. The molecular weight excluding hydrogens is 386 g/mol. The van der Waals surface area contributed by atoms with Gasteiger partial charge in [-0.2, -0.15) is 0 Å². The summed E-state index contributed by atoms with van der Waals surface area (Å²) < 4.78 is 7.93. The molecule has 4 nitrogen and oxygen atoms in total. The van der Waals surface area contributed by atoms with Gasteiger partial charge in [0.05, 0.1) is 12.0 Å². The molecule has 154 valence electrons. The molecule has 0 saturated heterocycles. The summed E-state index contributed by atoms with van der Waals surface area (Å²) in [6.07, 6.45) is 0. The quantitative estimate of drug-likeness (QED) is 0.497. The Morgan fingerprint density at radius 2 is 1.86 bits per heavy atom. The molecule has 0 spiro atoms. The van der Waals surface area contributed by atoms with E-state index in [2.05, 4.69) is 23.6 Å². The van der Waals surface area contributed by atoms with Gasteiger partial charge in [0.2, 0.25) is 0 Å². The Morgan fingerprint density at radius 3 is 2.45 bits per heavy atom. The molecule has 0 aliphatic heterocycles. The first-order valence-electron chi connectivity index (χ1n) is 9.90. The zero-order valence-corrected chi connectivity index (χ0v) is 18.4. The summed E-state index contributed by atoms with van der Waals surface area (Å²) in [5, 5.41) is 11.6. The maximum Gasteiger partial charge on any atom is 0.309 e. The number of carboxylic acid groups (broad SMARTS) is 1. The van der Waals surface area contributed by atoms with Crippen LogP contribution >= 0.6 is 11.6 Å². The van der Waals surface area contributed by atoms with Crippen LogP contribution in [0.3, 0.4) is 0 Å². The molecule has 0 aliphatic carbocycles. The zero-order chi connectivity index (χ0) is 21.3. The molecule has 3 aromatic rings. The standard InChI is InChI=1S/C24H28ClNO3/c1-6-29-19-11-12-21-20(13-19)15(2)22(16(3)24(4,5)23(27)28)26(21)14-17-7-9-18(25)10-8-17/h7-13,16H,6,14H2,1-5H3,(H,27,28). The number of benzene rings is 2. The highest BCUT2D eigenvalue weighted by atomic mass is 35.5. The number of carboxylic acids is 1. The normalized spacial score (nSPS) is 12.9. The number of nitrogens with zero attached hydrogens (tertiary/aromatic N) is 1. The van der Waals surface area contributed by atoms with Crippen LogP contribution in [0.1, 0.15) is 50.4 Å². The van der Waals surface area contributed by atoms with E-state index < -0.39 is 11.4 Å². The summed E-state index contributed by atoms with van der Waals surface area (Å²) in [6.45, 7) is 10.9. The number of aromatic nitrogens is 1. The molecule has 0 bridgehead atoms. The second-order valence-corrected chi connectivity index (χ2v) is 8.52. The molecule has 3 rings (SSSR count). The van der Waals surface area contributed by atoms with E-state index in [1.807, 2.05) is 44.2 Å². The second-order valence-electron chi connectivity index (χ2n) is 8.08. The van der Waals surface area contributed by atoms with Gasteiger partial charge in [0.15, 0.2) is 0 Å². The lowest BCUT2D eigenvalue weighted by Gasteiger charge is -2.29. The van der Waals surface area contributed by atoms with Crippen molar-refractivity contribution in [3.8, 4) is 5.75 Å². The van der Waals surface area contributed by atoms with Crippen LogP contribution < -0.4 is 4.74 Å². The SMILES string of the molecule is CCOc1ccc2c(c1)c(C)c(C(C)C(C)(C)C(=O)O)n2Cc1ccc(Cl)cc1. The van der Waals surface area contributed by atoms with Gasteiger partial charge in [-0.15, -0.1) is 0 Å². The molecular formula is C24H28ClNO3. The summed E-state index contributed by atoms with van der Waals surface area (Å²) in [5.74, 6) is -0.165. The molecule has 1 atom stereocenters. The number of aryl methyl sites for hydroxylation is 1. The van der Waals surface area contributed by atoms with Crippen molar-refractivity contribution >= 4 is 28.5 Å². The summed E-state index contributed by atoms with van der Waals surface area (Å²) in [6, 6.07) is 13.9. The molecule has 1 aromatic heterocycles. The number of aliphatic carboxylic acids is 1. The number of carbonyl (C=O) groups is 1. The third-order valence-electron chi connectivity index (χ3n) is 5.95. The first-order chi connectivity index (χ1) is 13.7. The lowest BCUT2D eigenvalue weighted by atomic mass is 9.77. The molecule has 2 aromatic carbocycles. The molecule has 1 unspecified atom stereocenters. The van der Waals surface area contributed by atoms with Crippen LogP contribution in [0, 0.1) is 12.3 Å². The lowest BCUT2D eigenvalue weighted by Crippen LogP contribution is -2.31. The van der Waals surface area contributed by atoms with E-state index in [9.17, 15) is 9.90 Å². The second kappa shape index (κ2) is 8.11. The smallest absolute Gasteiger partial charge is 0.309 e. The third kappa shape index (κ3) is 3.99. The molecule has 1 N–H and O–H groups in total. The maximum absolute atomic E-state index is 12.0. The van der Waals surface area contributed by atoms with Gasteiger partial charge in [0.1, 0.15) is 5.75 Å². The average Bonchev–Trinajstić information content (AvgIpc) is 2.94. The number of halogens is 1. The van der Waals surface area contributed by atoms with Crippen molar-refractivity contribution in [1.29, 1.82) is 0 Å². The Labute approximate surface area is 177 Å². The van der Waals surface area contributed by atoms with Gasteiger partial charge in [0.25, 0.3) is 0 Å². The van der Waals surface area contributed by atoms with Gasteiger partial charge in [-0.3, -0.25) is 4.79 Å². The van der Waals surface area contributed by atoms with Crippen LogP contribution in [0.25, 0.3) is 10.9 Å². The number of hydrogen-bond donors (Lipinski definition) is 1. The minimum Gasteiger partial charge on any atom is -0.494 e. The van der Waals surface area contributed by atoms with E-state index in [0.717, 1.165) is 33.5 Å². The number of fused-ring (bicyclic) bond motifs is 1. The maximum atomic E-state index is 12.0. The fourth-order valence-electron chi connectivity index (χ4n) is 3.81. The van der Waals surface area contributed by atoms with E-state index in [0.29, 0.717) is 18.2 Å².